The Morgan fingerprint density at radius 3 is 2.55 bits per heavy atom. The van der Waals surface area contributed by atoms with Crippen LogP contribution in [0.15, 0.2) is 42.9 Å². The highest BCUT2D eigenvalue weighted by Crippen LogP contribution is 2.27. The van der Waals surface area contributed by atoms with E-state index in [-0.39, 0.29) is 22.6 Å². The summed E-state index contributed by atoms with van der Waals surface area (Å²) in [4.78, 5) is 28.8. The Labute approximate surface area is 229 Å². The Bertz CT molecular complexity index is 1630. The molecule has 1 amide bonds. The molecule has 40 heavy (non-hydrogen) atoms. The van der Waals surface area contributed by atoms with Gasteiger partial charge in [-0.05, 0) is 49.2 Å². The lowest BCUT2D eigenvalue weighted by atomic mass is 10.1. The zero-order chi connectivity index (χ0) is 28.4. The molecule has 0 radical (unpaired) electrons. The molecule has 9 nitrogen and oxygen atoms in total. The number of amides is 1. The van der Waals surface area contributed by atoms with E-state index in [0.29, 0.717) is 16.8 Å². The fourth-order valence-electron chi connectivity index (χ4n) is 4.43. The predicted octanol–water partition coefficient (Wildman–Crippen LogP) is 3.49. The minimum Gasteiger partial charge on any atom is -0.322 e. The molecule has 4 heterocycles. The number of aryl methyl sites for hydroxylation is 2. The molecule has 1 saturated heterocycles. The second kappa shape index (κ2) is 11.0. The number of carbonyl (C=O) groups is 1. The van der Waals surface area contributed by atoms with E-state index in [4.69, 9.17) is 0 Å². The molecule has 1 aliphatic rings. The van der Waals surface area contributed by atoms with Crippen molar-refractivity contribution in [3.8, 4) is 11.8 Å². The van der Waals surface area contributed by atoms with Gasteiger partial charge in [-0.1, -0.05) is 12.0 Å². The van der Waals surface area contributed by atoms with Crippen LogP contribution in [0, 0.1) is 18.8 Å². The van der Waals surface area contributed by atoms with Crippen molar-refractivity contribution < 1.29 is 18.0 Å². The predicted molar refractivity (Wildman–Crippen MR) is 143 cm³/mol. The lowest BCUT2D eigenvalue weighted by molar-refractivity contribution is -0.144. The number of piperazine rings is 1. The van der Waals surface area contributed by atoms with Gasteiger partial charge in [0.25, 0.3) is 5.91 Å². The summed E-state index contributed by atoms with van der Waals surface area (Å²) in [6.45, 7) is 7.09. The summed E-state index contributed by atoms with van der Waals surface area (Å²) < 4.78 is 40.1. The average Bonchev–Trinajstić information content (AvgIpc) is 3.24. The first-order chi connectivity index (χ1) is 19.1. The molecule has 5 rings (SSSR count). The molecule has 0 spiro atoms. The Kier molecular flexibility index (Phi) is 7.51. The first kappa shape index (κ1) is 27.2. The van der Waals surface area contributed by atoms with E-state index >= 15 is 0 Å². The van der Waals surface area contributed by atoms with Gasteiger partial charge >= 0.3 is 6.18 Å². The number of halogens is 3. The minimum absolute atomic E-state index is 0.0164. The van der Waals surface area contributed by atoms with Crippen LogP contribution in [0.5, 0.6) is 0 Å². The smallest absolute Gasteiger partial charge is 0.322 e. The van der Waals surface area contributed by atoms with E-state index in [1.807, 2.05) is 25.1 Å². The van der Waals surface area contributed by atoms with Crippen LogP contribution < -0.4 is 5.32 Å². The largest absolute Gasteiger partial charge is 0.451 e. The van der Waals surface area contributed by atoms with Crippen LogP contribution >= 0.6 is 0 Å². The average molecular weight is 549 g/mol. The fraction of sp³-hybridized carbons (Fsp3) is 0.321. The van der Waals surface area contributed by atoms with Gasteiger partial charge in [0.05, 0.1) is 10.9 Å². The summed E-state index contributed by atoms with van der Waals surface area (Å²) in [5, 5.41) is 7.36. The van der Waals surface area contributed by atoms with E-state index in [1.165, 1.54) is 29.7 Å². The summed E-state index contributed by atoms with van der Waals surface area (Å²) in [7, 11) is 3.61. The van der Waals surface area contributed by atoms with Gasteiger partial charge < -0.3 is 10.2 Å². The van der Waals surface area contributed by atoms with Crippen LogP contribution in [0.3, 0.4) is 0 Å². The molecule has 1 aromatic carbocycles. The van der Waals surface area contributed by atoms with Crippen LogP contribution in [0.25, 0.3) is 11.0 Å². The zero-order valence-electron chi connectivity index (χ0n) is 22.2. The molecule has 1 N–H and O–H groups in total. The SMILES string of the molecule is Cc1cc(NC(=O)c2cncc(C#Cc3nn(C)c4nc(C(F)(F)F)ncc34)c2)ccc1CN1CCN(C)CC1. The van der Waals surface area contributed by atoms with Crippen molar-refractivity contribution in [2.75, 3.05) is 38.5 Å². The Morgan fingerprint density at radius 1 is 1.05 bits per heavy atom. The maximum atomic E-state index is 13.0. The number of fused-ring (bicyclic) bond motifs is 1. The van der Waals surface area contributed by atoms with Crippen LogP contribution in [0.1, 0.15) is 38.6 Å². The van der Waals surface area contributed by atoms with Crippen LogP contribution in [0.4, 0.5) is 18.9 Å². The Hall–Kier alpha value is -4.34. The number of likely N-dealkylation sites (N-methyl/N-ethyl adjacent to an activating group) is 1. The molecule has 1 aliphatic heterocycles. The number of hydrogen-bond acceptors (Lipinski definition) is 7. The standard InChI is InChI=1S/C28H27F3N8O/c1-18-12-22(6-5-20(18)17-39-10-8-37(2)9-11-39)34-26(40)21-13-19(14-32-15-21)4-7-24-23-16-33-27(28(29,30)31)35-25(23)38(3)36-24/h5-6,12-16H,8-11,17H2,1-3H3,(H,34,40). The van der Waals surface area contributed by atoms with Crippen molar-refractivity contribution in [2.45, 2.75) is 19.6 Å². The van der Waals surface area contributed by atoms with Crippen molar-refractivity contribution in [1.82, 2.24) is 34.5 Å². The topological polar surface area (TPSA) is 92.1 Å². The van der Waals surface area contributed by atoms with Crippen LogP contribution in [0.2, 0.25) is 0 Å². The van der Waals surface area contributed by atoms with Crippen molar-refractivity contribution in [2.24, 2.45) is 7.05 Å². The second-order valence-electron chi connectivity index (χ2n) is 9.79. The summed E-state index contributed by atoms with van der Waals surface area (Å²) in [5.41, 5.74) is 4.00. The lowest BCUT2D eigenvalue weighted by Gasteiger charge is -2.32. The third-order valence-corrected chi connectivity index (χ3v) is 6.75. The van der Waals surface area contributed by atoms with Gasteiger partial charge in [0, 0.05) is 69.6 Å². The third kappa shape index (κ3) is 6.11. The number of alkyl halides is 3. The number of anilines is 1. The number of carbonyl (C=O) groups excluding carboxylic acids is 1. The zero-order valence-corrected chi connectivity index (χ0v) is 22.2. The number of aromatic nitrogens is 5. The fourth-order valence-corrected chi connectivity index (χ4v) is 4.43. The van der Waals surface area contributed by atoms with E-state index in [1.54, 1.807) is 6.07 Å². The van der Waals surface area contributed by atoms with Crippen molar-refractivity contribution >= 4 is 22.6 Å². The van der Waals surface area contributed by atoms with E-state index < -0.39 is 12.0 Å². The third-order valence-electron chi connectivity index (χ3n) is 6.75. The molecule has 0 saturated carbocycles. The van der Waals surface area contributed by atoms with E-state index in [2.05, 4.69) is 54.1 Å². The number of nitrogens with zero attached hydrogens (tertiary/aromatic N) is 7. The maximum absolute atomic E-state index is 13.0. The highest BCUT2D eigenvalue weighted by atomic mass is 19.4. The molecule has 0 unspecified atom stereocenters. The highest BCUT2D eigenvalue weighted by Gasteiger charge is 2.35. The molecular formula is C28H27F3N8O. The quantitative estimate of drug-likeness (QED) is 0.391. The molecule has 0 aliphatic carbocycles. The summed E-state index contributed by atoms with van der Waals surface area (Å²) in [6, 6.07) is 7.49. The molecule has 12 heteroatoms. The molecule has 3 aromatic heterocycles. The molecule has 0 bridgehead atoms. The highest BCUT2D eigenvalue weighted by molar-refractivity contribution is 6.04. The molecule has 206 valence electrons. The normalized spacial score (nSPS) is 14.7. The van der Waals surface area contributed by atoms with Gasteiger partial charge in [0.1, 0.15) is 5.69 Å². The Balaban J connectivity index is 1.28. The molecule has 4 aromatic rings. The number of rotatable bonds is 4. The van der Waals surface area contributed by atoms with Gasteiger partial charge in [-0.15, -0.1) is 0 Å². The van der Waals surface area contributed by atoms with E-state index in [0.717, 1.165) is 44.5 Å². The second-order valence-corrected chi connectivity index (χ2v) is 9.79. The van der Waals surface area contributed by atoms with Crippen molar-refractivity contribution in [1.29, 1.82) is 0 Å². The van der Waals surface area contributed by atoms with Crippen molar-refractivity contribution in [3.63, 3.8) is 0 Å². The van der Waals surface area contributed by atoms with Crippen LogP contribution in [-0.4, -0.2) is 73.7 Å². The number of benzene rings is 1. The molecular weight excluding hydrogens is 521 g/mol. The first-order valence-electron chi connectivity index (χ1n) is 12.6. The lowest BCUT2D eigenvalue weighted by Crippen LogP contribution is -2.43. The van der Waals surface area contributed by atoms with Crippen LogP contribution in [-0.2, 0) is 19.8 Å². The van der Waals surface area contributed by atoms with Gasteiger partial charge in [-0.2, -0.15) is 18.3 Å². The Morgan fingerprint density at radius 2 is 1.82 bits per heavy atom. The number of hydrogen-bond donors (Lipinski definition) is 1. The summed E-state index contributed by atoms with van der Waals surface area (Å²) in [5.74, 6) is 4.12. The number of nitrogens with one attached hydrogen (secondary N) is 1. The van der Waals surface area contributed by atoms with Crippen molar-refractivity contribution in [3.05, 3.63) is 76.6 Å². The monoisotopic (exact) mass is 548 g/mol. The van der Waals surface area contributed by atoms with Gasteiger partial charge in [-0.3, -0.25) is 14.7 Å². The maximum Gasteiger partial charge on any atom is 0.451 e. The number of pyridine rings is 1. The molecule has 1 fully saturated rings. The van der Waals surface area contributed by atoms with Gasteiger partial charge in [0.2, 0.25) is 5.82 Å². The summed E-state index contributed by atoms with van der Waals surface area (Å²) in [6.07, 6.45) is -0.673. The van der Waals surface area contributed by atoms with E-state index in [9.17, 15) is 18.0 Å². The minimum atomic E-state index is -4.66. The molecule has 0 atom stereocenters. The first-order valence-corrected chi connectivity index (χ1v) is 12.6. The summed E-state index contributed by atoms with van der Waals surface area (Å²) >= 11 is 0. The van der Waals surface area contributed by atoms with Gasteiger partial charge in [-0.25, -0.2) is 14.6 Å². The van der Waals surface area contributed by atoms with Gasteiger partial charge in [0.15, 0.2) is 5.65 Å².